The van der Waals surface area contributed by atoms with Crippen molar-refractivity contribution < 1.29 is 9.53 Å². The molecule has 0 saturated carbocycles. The zero-order valence-corrected chi connectivity index (χ0v) is 10.6. The molecule has 1 aromatic carbocycles. The van der Waals surface area contributed by atoms with Crippen LogP contribution >= 0.6 is 0 Å². The fourth-order valence-electron chi connectivity index (χ4n) is 2.76. The minimum atomic E-state index is -0.182. The lowest BCUT2D eigenvalue weighted by Crippen LogP contribution is -2.24. The highest BCUT2D eigenvalue weighted by molar-refractivity contribution is 5.81. The first-order chi connectivity index (χ1) is 8.74. The van der Waals surface area contributed by atoms with E-state index in [4.69, 9.17) is 4.74 Å². The van der Waals surface area contributed by atoms with Gasteiger partial charge in [0.1, 0.15) is 0 Å². The first kappa shape index (κ1) is 11.3. The van der Waals surface area contributed by atoms with Gasteiger partial charge in [0, 0.05) is 30.6 Å². The fraction of sp³-hybridized carbons (Fsp3) is 0.400. The molecule has 1 unspecified atom stereocenters. The van der Waals surface area contributed by atoms with E-state index >= 15 is 0 Å². The topological polar surface area (TPSA) is 31.2 Å². The van der Waals surface area contributed by atoms with Crippen LogP contribution in [-0.2, 0) is 22.5 Å². The van der Waals surface area contributed by atoms with Crippen LogP contribution in [0.15, 0.2) is 30.3 Å². The van der Waals surface area contributed by atoms with Crippen LogP contribution in [0.5, 0.6) is 0 Å². The summed E-state index contributed by atoms with van der Waals surface area (Å²) in [6.45, 7) is 2.97. The van der Waals surface area contributed by atoms with Crippen LogP contribution in [0, 0.1) is 5.92 Å². The van der Waals surface area contributed by atoms with E-state index in [-0.39, 0.29) is 5.97 Å². The fourth-order valence-corrected chi connectivity index (χ4v) is 2.76. The highest BCUT2D eigenvalue weighted by Crippen LogP contribution is 2.27. The molecule has 1 aliphatic rings. The van der Waals surface area contributed by atoms with E-state index in [2.05, 4.69) is 34.9 Å². The monoisotopic (exact) mass is 243 g/mol. The first-order valence-electron chi connectivity index (χ1n) is 6.44. The number of hydrogen-bond donors (Lipinski definition) is 0. The van der Waals surface area contributed by atoms with Gasteiger partial charge in [0.25, 0.3) is 0 Å². The number of aryl methyl sites for hydroxylation is 1. The van der Waals surface area contributed by atoms with Crippen LogP contribution in [0.4, 0.5) is 0 Å². The number of para-hydroxylation sites is 1. The Morgan fingerprint density at radius 1 is 1.44 bits per heavy atom. The number of fused-ring (bicyclic) bond motifs is 3. The van der Waals surface area contributed by atoms with Crippen molar-refractivity contribution in [1.82, 2.24) is 4.57 Å². The normalized spacial score (nSPS) is 18.6. The molecule has 3 heteroatoms. The predicted octanol–water partition coefficient (Wildman–Crippen LogP) is 2.77. The molecular formula is C15H17NO2. The van der Waals surface area contributed by atoms with Crippen molar-refractivity contribution >= 4 is 16.9 Å². The largest absolute Gasteiger partial charge is 0.466 e. The maximum Gasteiger partial charge on any atom is 0.302 e. The van der Waals surface area contributed by atoms with Gasteiger partial charge < -0.3 is 9.30 Å². The summed E-state index contributed by atoms with van der Waals surface area (Å²) in [5.74, 6) is 0.260. The van der Waals surface area contributed by atoms with Crippen LogP contribution in [0.2, 0.25) is 0 Å². The molecule has 3 rings (SSSR count). The third-order valence-electron chi connectivity index (χ3n) is 3.67. The third kappa shape index (κ3) is 2.01. The van der Waals surface area contributed by atoms with Crippen molar-refractivity contribution in [2.45, 2.75) is 26.3 Å². The van der Waals surface area contributed by atoms with Gasteiger partial charge in [0.15, 0.2) is 0 Å². The van der Waals surface area contributed by atoms with E-state index in [1.54, 1.807) is 0 Å². The Balaban J connectivity index is 1.85. The summed E-state index contributed by atoms with van der Waals surface area (Å²) in [6.07, 6.45) is 2.17. The van der Waals surface area contributed by atoms with E-state index < -0.39 is 0 Å². The second kappa shape index (κ2) is 4.48. The van der Waals surface area contributed by atoms with Crippen LogP contribution in [0.1, 0.15) is 19.0 Å². The van der Waals surface area contributed by atoms with E-state index in [1.807, 2.05) is 0 Å². The molecule has 94 valence electrons. The minimum Gasteiger partial charge on any atom is -0.466 e. The average molecular weight is 243 g/mol. The van der Waals surface area contributed by atoms with Crippen molar-refractivity contribution in [3.8, 4) is 0 Å². The summed E-state index contributed by atoms with van der Waals surface area (Å²) in [5.41, 5.74) is 2.69. The molecule has 0 amide bonds. The van der Waals surface area contributed by atoms with Crippen LogP contribution < -0.4 is 0 Å². The number of esters is 1. The summed E-state index contributed by atoms with van der Waals surface area (Å²) in [5, 5.41) is 1.31. The molecule has 0 aliphatic carbocycles. The van der Waals surface area contributed by atoms with Crippen molar-refractivity contribution in [2.24, 2.45) is 5.92 Å². The van der Waals surface area contributed by atoms with E-state index in [0.717, 1.165) is 19.4 Å². The lowest BCUT2D eigenvalue weighted by Gasteiger charge is -2.24. The van der Waals surface area contributed by atoms with E-state index in [0.29, 0.717) is 12.5 Å². The summed E-state index contributed by atoms with van der Waals surface area (Å²) < 4.78 is 7.50. The van der Waals surface area contributed by atoms with Gasteiger partial charge in [0.05, 0.1) is 6.61 Å². The lowest BCUT2D eigenvalue weighted by atomic mass is 9.99. The van der Waals surface area contributed by atoms with Gasteiger partial charge >= 0.3 is 5.97 Å². The summed E-state index contributed by atoms with van der Waals surface area (Å²) >= 11 is 0. The summed E-state index contributed by atoms with van der Waals surface area (Å²) in [4.78, 5) is 10.9. The maximum atomic E-state index is 10.9. The highest BCUT2D eigenvalue weighted by Gasteiger charge is 2.21. The maximum absolute atomic E-state index is 10.9. The van der Waals surface area contributed by atoms with Crippen molar-refractivity contribution in [2.75, 3.05) is 6.61 Å². The number of ether oxygens (including phenoxy) is 1. The zero-order chi connectivity index (χ0) is 12.5. The third-order valence-corrected chi connectivity index (χ3v) is 3.67. The van der Waals surface area contributed by atoms with E-state index in [9.17, 15) is 4.79 Å². The van der Waals surface area contributed by atoms with Crippen molar-refractivity contribution in [3.05, 3.63) is 36.0 Å². The number of rotatable bonds is 2. The van der Waals surface area contributed by atoms with Crippen molar-refractivity contribution in [3.63, 3.8) is 0 Å². The molecule has 2 heterocycles. The van der Waals surface area contributed by atoms with Gasteiger partial charge in [0.2, 0.25) is 0 Å². The molecule has 3 nitrogen and oxygen atoms in total. The molecule has 0 bridgehead atoms. The van der Waals surface area contributed by atoms with Gasteiger partial charge in [-0.05, 0) is 30.4 Å². The molecule has 0 spiro atoms. The SMILES string of the molecule is CC(=O)OCC1CCc2cc3ccccc3n2C1. The zero-order valence-electron chi connectivity index (χ0n) is 10.6. The Bertz CT molecular complexity index is 585. The Kier molecular flexibility index (Phi) is 2.82. The molecule has 0 N–H and O–H groups in total. The van der Waals surface area contributed by atoms with E-state index in [1.165, 1.54) is 23.5 Å². The Morgan fingerprint density at radius 2 is 2.28 bits per heavy atom. The lowest BCUT2D eigenvalue weighted by molar-refractivity contribution is -0.142. The molecule has 1 aromatic heterocycles. The first-order valence-corrected chi connectivity index (χ1v) is 6.44. The Hall–Kier alpha value is -1.77. The number of aromatic nitrogens is 1. The standard InChI is InChI=1S/C15H17NO2/c1-11(17)18-10-12-6-7-14-8-13-4-2-3-5-15(13)16(14)9-12/h2-5,8,12H,6-7,9-10H2,1H3. The molecule has 18 heavy (non-hydrogen) atoms. The Labute approximate surface area is 106 Å². The van der Waals surface area contributed by atoms with Gasteiger partial charge in [-0.15, -0.1) is 0 Å². The molecule has 2 aromatic rings. The second-order valence-electron chi connectivity index (χ2n) is 5.01. The minimum absolute atomic E-state index is 0.182. The van der Waals surface area contributed by atoms with Gasteiger partial charge in [-0.1, -0.05) is 18.2 Å². The Morgan fingerprint density at radius 3 is 3.11 bits per heavy atom. The number of hydrogen-bond acceptors (Lipinski definition) is 2. The molecule has 0 fully saturated rings. The molecule has 0 radical (unpaired) electrons. The van der Waals surface area contributed by atoms with Gasteiger partial charge in [-0.2, -0.15) is 0 Å². The van der Waals surface area contributed by atoms with Crippen LogP contribution in [0.25, 0.3) is 10.9 Å². The highest BCUT2D eigenvalue weighted by atomic mass is 16.5. The summed E-state index contributed by atoms with van der Waals surface area (Å²) in [7, 11) is 0. The molecule has 0 saturated heterocycles. The average Bonchev–Trinajstić information content (AvgIpc) is 2.74. The molecule has 1 aliphatic heterocycles. The van der Waals surface area contributed by atoms with Gasteiger partial charge in [-0.25, -0.2) is 0 Å². The smallest absolute Gasteiger partial charge is 0.302 e. The number of benzene rings is 1. The van der Waals surface area contributed by atoms with Crippen LogP contribution in [-0.4, -0.2) is 17.1 Å². The quantitative estimate of drug-likeness (QED) is 0.759. The molecule has 1 atom stereocenters. The summed E-state index contributed by atoms with van der Waals surface area (Å²) in [6, 6.07) is 10.7. The van der Waals surface area contributed by atoms with Gasteiger partial charge in [-0.3, -0.25) is 4.79 Å². The number of carbonyl (C=O) groups is 1. The van der Waals surface area contributed by atoms with Crippen LogP contribution in [0.3, 0.4) is 0 Å². The number of nitrogens with zero attached hydrogens (tertiary/aromatic N) is 1. The predicted molar refractivity (Wildman–Crippen MR) is 70.4 cm³/mol. The molecular weight excluding hydrogens is 226 g/mol. The van der Waals surface area contributed by atoms with Crippen molar-refractivity contribution in [1.29, 1.82) is 0 Å². The number of carbonyl (C=O) groups excluding carboxylic acids is 1. The second-order valence-corrected chi connectivity index (χ2v) is 5.01.